The summed E-state index contributed by atoms with van der Waals surface area (Å²) in [6, 6.07) is 1.80. The summed E-state index contributed by atoms with van der Waals surface area (Å²) in [6.45, 7) is 13.2. The van der Waals surface area contributed by atoms with Gasteiger partial charge in [0.2, 0.25) is 0 Å². The van der Waals surface area contributed by atoms with Gasteiger partial charge in [0.1, 0.15) is 0 Å². The minimum atomic E-state index is -1.06. The quantitative estimate of drug-likeness (QED) is 0.730. The van der Waals surface area contributed by atoms with Gasteiger partial charge >= 0.3 is 0 Å². The number of anilines is 1. The maximum atomic E-state index is 6.39. The van der Waals surface area contributed by atoms with Gasteiger partial charge in [-0.15, -0.1) is 10.2 Å². The van der Waals surface area contributed by atoms with Crippen LogP contribution in [0, 0.1) is 11.3 Å². The fraction of sp³-hybridized carbons (Fsp3) is 0.750. The fourth-order valence-corrected chi connectivity index (χ4v) is 4.89. The molecule has 0 aromatic carbocycles. The van der Waals surface area contributed by atoms with Gasteiger partial charge in [0, 0.05) is 19.2 Å². The third kappa shape index (κ3) is 5.05. The molecule has 1 aliphatic heterocycles. The van der Waals surface area contributed by atoms with Crippen molar-refractivity contribution in [1.82, 2.24) is 10.2 Å². The summed E-state index contributed by atoms with van der Waals surface area (Å²) in [5, 5.41) is 8.50. The Kier molecular flexibility index (Phi) is 6.33. The fourth-order valence-electron chi connectivity index (χ4n) is 3.32. The molecule has 7 heteroatoms. The van der Waals surface area contributed by atoms with Crippen LogP contribution in [0.4, 0.5) is 5.69 Å². The van der Waals surface area contributed by atoms with Crippen LogP contribution < -0.4 is 4.90 Å². The van der Waals surface area contributed by atoms with Crippen molar-refractivity contribution in [3.05, 3.63) is 16.4 Å². The number of piperidine rings is 1. The van der Waals surface area contributed by atoms with Gasteiger partial charge in [-0.3, -0.25) is 0 Å². The van der Waals surface area contributed by atoms with Crippen molar-refractivity contribution >= 4 is 37.9 Å². The highest BCUT2D eigenvalue weighted by atomic mass is 35.5. The average Bonchev–Trinajstić information content (AvgIpc) is 2.46. The van der Waals surface area contributed by atoms with Crippen molar-refractivity contribution in [3.63, 3.8) is 0 Å². The molecule has 2 heterocycles. The minimum Gasteiger partial charge on any atom is -0.417 e. The predicted molar refractivity (Wildman–Crippen MR) is 100 cm³/mol. The SMILES string of the molecule is C[SiH](C)OC(C1CCN(c2cc(Cl)nnc2Cl)CC1)C(C)(C)C. The lowest BCUT2D eigenvalue weighted by atomic mass is 9.77. The molecule has 4 nitrogen and oxygen atoms in total. The van der Waals surface area contributed by atoms with Crippen LogP contribution in [-0.4, -0.2) is 38.4 Å². The van der Waals surface area contributed by atoms with E-state index in [-0.39, 0.29) is 5.41 Å². The molecule has 1 aromatic heterocycles. The van der Waals surface area contributed by atoms with Crippen LogP contribution in [-0.2, 0) is 4.43 Å². The number of halogens is 2. The van der Waals surface area contributed by atoms with E-state index in [0.717, 1.165) is 31.6 Å². The lowest BCUT2D eigenvalue weighted by molar-refractivity contribution is 0.0230. The molecule has 2 rings (SSSR count). The monoisotopic (exact) mass is 375 g/mol. The standard InChI is InChI=1S/C16H27Cl2N3OSi/c1-16(2,3)14(22-23(4)5)11-6-8-21(9-7-11)12-10-13(17)19-20-15(12)18/h10-11,14,23H,6-9H2,1-5H3. The Bertz CT molecular complexity index is 529. The molecule has 0 saturated carbocycles. The molecule has 0 spiro atoms. The predicted octanol–water partition coefficient (Wildman–Crippen LogP) is 4.41. The Morgan fingerprint density at radius 2 is 1.83 bits per heavy atom. The van der Waals surface area contributed by atoms with E-state index in [0.29, 0.717) is 22.3 Å². The van der Waals surface area contributed by atoms with E-state index >= 15 is 0 Å². The van der Waals surface area contributed by atoms with Crippen LogP contribution in [0.25, 0.3) is 0 Å². The summed E-state index contributed by atoms with van der Waals surface area (Å²) < 4.78 is 6.39. The summed E-state index contributed by atoms with van der Waals surface area (Å²) in [5.74, 6) is 0.588. The Morgan fingerprint density at radius 1 is 1.22 bits per heavy atom. The van der Waals surface area contributed by atoms with Crippen molar-refractivity contribution in [2.24, 2.45) is 11.3 Å². The second kappa shape index (κ2) is 7.68. The molecule has 1 aliphatic rings. The molecular formula is C16H27Cl2N3OSi. The summed E-state index contributed by atoms with van der Waals surface area (Å²) in [4.78, 5) is 2.26. The molecular weight excluding hydrogens is 349 g/mol. The third-order valence-corrected chi connectivity index (χ3v) is 5.57. The molecule has 1 saturated heterocycles. The molecule has 1 atom stereocenters. The lowest BCUT2D eigenvalue weighted by Gasteiger charge is -2.43. The maximum Gasteiger partial charge on any atom is 0.175 e. The van der Waals surface area contributed by atoms with Gasteiger partial charge in [0.05, 0.1) is 11.8 Å². The minimum absolute atomic E-state index is 0.170. The van der Waals surface area contributed by atoms with Gasteiger partial charge in [-0.05, 0) is 37.3 Å². The second-order valence-electron chi connectivity index (χ2n) is 7.64. The van der Waals surface area contributed by atoms with E-state index in [1.54, 1.807) is 6.07 Å². The van der Waals surface area contributed by atoms with Crippen molar-refractivity contribution in [3.8, 4) is 0 Å². The number of hydrogen-bond donors (Lipinski definition) is 0. The lowest BCUT2D eigenvalue weighted by Crippen LogP contribution is -2.45. The summed E-state index contributed by atoms with van der Waals surface area (Å²) in [6.07, 6.45) is 2.52. The van der Waals surface area contributed by atoms with Crippen LogP contribution in [0.5, 0.6) is 0 Å². The molecule has 1 fully saturated rings. The van der Waals surface area contributed by atoms with Crippen LogP contribution in [0.2, 0.25) is 23.4 Å². The van der Waals surface area contributed by atoms with Crippen molar-refractivity contribution < 1.29 is 4.43 Å². The maximum absolute atomic E-state index is 6.39. The summed E-state index contributed by atoms with van der Waals surface area (Å²) in [5.41, 5.74) is 1.06. The van der Waals surface area contributed by atoms with Crippen LogP contribution in [0.1, 0.15) is 33.6 Å². The van der Waals surface area contributed by atoms with Gasteiger partial charge in [-0.1, -0.05) is 44.0 Å². The van der Waals surface area contributed by atoms with E-state index in [1.807, 2.05) is 0 Å². The molecule has 0 amide bonds. The molecule has 1 aromatic rings. The van der Waals surface area contributed by atoms with Crippen molar-refractivity contribution in [2.45, 2.75) is 52.8 Å². The molecule has 0 aliphatic carbocycles. The average molecular weight is 376 g/mol. The van der Waals surface area contributed by atoms with Crippen LogP contribution in [0.15, 0.2) is 6.07 Å². The largest absolute Gasteiger partial charge is 0.417 e. The van der Waals surface area contributed by atoms with E-state index in [1.165, 1.54) is 0 Å². The van der Waals surface area contributed by atoms with Gasteiger partial charge in [-0.2, -0.15) is 0 Å². The molecule has 1 unspecified atom stereocenters. The summed E-state index contributed by atoms with van der Waals surface area (Å²) >= 11 is 12.1. The first-order valence-corrected chi connectivity index (χ1v) is 11.8. The number of rotatable bonds is 4. The Balaban J connectivity index is 2.06. The molecule has 23 heavy (non-hydrogen) atoms. The highest BCUT2D eigenvalue weighted by Crippen LogP contribution is 2.36. The first-order chi connectivity index (χ1) is 10.7. The van der Waals surface area contributed by atoms with E-state index in [9.17, 15) is 0 Å². The highest BCUT2D eigenvalue weighted by Gasteiger charge is 2.36. The van der Waals surface area contributed by atoms with E-state index in [2.05, 4.69) is 49.0 Å². The van der Waals surface area contributed by atoms with E-state index < -0.39 is 9.04 Å². The zero-order chi connectivity index (χ0) is 17.2. The Morgan fingerprint density at radius 3 is 2.35 bits per heavy atom. The van der Waals surface area contributed by atoms with Gasteiger partial charge in [-0.25, -0.2) is 0 Å². The normalized spacial score (nSPS) is 18.5. The number of hydrogen-bond acceptors (Lipinski definition) is 4. The van der Waals surface area contributed by atoms with Crippen LogP contribution in [0.3, 0.4) is 0 Å². The molecule has 0 N–H and O–H groups in total. The van der Waals surface area contributed by atoms with Gasteiger partial charge in [0.15, 0.2) is 19.3 Å². The van der Waals surface area contributed by atoms with Gasteiger partial charge < -0.3 is 9.33 Å². The zero-order valence-electron chi connectivity index (χ0n) is 14.6. The first-order valence-electron chi connectivity index (χ1n) is 8.27. The molecule has 0 radical (unpaired) electrons. The molecule has 130 valence electrons. The number of aromatic nitrogens is 2. The Labute approximate surface area is 151 Å². The van der Waals surface area contributed by atoms with Gasteiger partial charge in [0.25, 0.3) is 0 Å². The zero-order valence-corrected chi connectivity index (χ0v) is 17.3. The summed E-state index contributed by atoms with van der Waals surface area (Å²) in [7, 11) is -1.06. The third-order valence-electron chi connectivity index (χ3n) is 4.28. The topological polar surface area (TPSA) is 38.2 Å². The van der Waals surface area contributed by atoms with E-state index in [4.69, 9.17) is 27.6 Å². The van der Waals surface area contributed by atoms with Crippen LogP contribution >= 0.6 is 23.2 Å². The molecule has 0 bridgehead atoms. The van der Waals surface area contributed by atoms with Crippen molar-refractivity contribution in [1.29, 1.82) is 0 Å². The smallest absolute Gasteiger partial charge is 0.175 e. The first kappa shape index (κ1) is 19.0. The number of nitrogens with zero attached hydrogens (tertiary/aromatic N) is 3. The highest BCUT2D eigenvalue weighted by molar-refractivity contribution is 6.48. The Hall–Kier alpha value is -0.363. The van der Waals surface area contributed by atoms with Crippen molar-refractivity contribution in [2.75, 3.05) is 18.0 Å². The second-order valence-corrected chi connectivity index (χ2v) is 10.8.